The summed E-state index contributed by atoms with van der Waals surface area (Å²) in [6.45, 7) is 8.09. The topological polar surface area (TPSA) is 71.3 Å². The Hall–Kier alpha value is -4.19. The van der Waals surface area contributed by atoms with Crippen molar-refractivity contribution < 1.29 is 9.32 Å². The lowest BCUT2D eigenvalue weighted by Gasteiger charge is -2.35. The molecule has 0 saturated heterocycles. The minimum atomic E-state index is -0.419. The van der Waals surface area contributed by atoms with Gasteiger partial charge in [-0.1, -0.05) is 65.3 Å². The number of allylic oxidation sites excluding steroid dienone is 1. The number of carbonyl (C=O) groups is 1. The maximum Gasteiger partial charge on any atom is 0.326 e. The molecule has 1 atom stereocenters. The zero-order chi connectivity index (χ0) is 23.8. The van der Waals surface area contributed by atoms with Gasteiger partial charge >= 0.3 is 6.03 Å². The van der Waals surface area contributed by atoms with Crippen molar-refractivity contribution in [3.8, 4) is 11.4 Å². The van der Waals surface area contributed by atoms with Crippen LogP contribution in [0.1, 0.15) is 41.1 Å². The highest BCUT2D eigenvalue weighted by molar-refractivity contribution is 6.01. The molecular weight excluding hydrogens is 424 g/mol. The van der Waals surface area contributed by atoms with E-state index < -0.39 is 6.04 Å². The maximum atomic E-state index is 13.3. The van der Waals surface area contributed by atoms with Crippen LogP contribution in [-0.4, -0.2) is 16.2 Å². The molecule has 6 heteroatoms. The Morgan fingerprint density at radius 1 is 0.882 bits per heavy atom. The van der Waals surface area contributed by atoms with E-state index in [1.807, 2.05) is 74.5 Å². The molecule has 0 fully saturated rings. The summed E-state index contributed by atoms with van der Waals surface area (Å²) in [7, 11) is 0. The summed E-state index contributed by atoms with van der Waals surface area (Å²) in [5.74, 6) is 0.902. The van der Waals surface area contributed by atoms with Gasteiger partial charge in [0.2, 0.25) is 5.82 Å². The third kappa shape index (κ3) is 3.88. The largest absolute Gasteiger partial charge is 0.334 e. The highest BCUT2D eigenvalue weighted by Crippen LogP contribution is 2.39. The number of hydrogen-bond acceptors (Lipinski definition) is 4. The molecule has 1 unspecified atom stereocenters. The van der Waals surface area contributed by atoms with Gasteiger partial charge in [-0.2, -0.15) is 4.98 Å². The fourth-order valence-corrected chi connectivity index (χ4v) is 4.34. The lowest BCUT2D eigenvalue weighted by Crippen LogP contribution is -2.46. The van der Waals surface area contributed by atoms with Crippen LogP contribution in [0.25, 0.3) is 17.0 Å². The van der Waals surface area contributed by atoms with E-state index >= 15 is 0 Å². The summed E-state index contributed by atoms with van der Waals surface area (Å²) in [5, 5.41) is 7.43. The van der Waals surface area contributed by atoms with Crippen LogP contribution < -0.4 is 10.2 Å². The number of nitrogens with zero attached hydrogens (tertiary/aromatic N) is 3. The van der Waals surface area contributed by atoms with Crippen molar-refractivity contribution in [1.82, 2.24) is 15.5 Å². The number of rotatable bonds is 4. The lowest BCUT2D eigenvalue weighted by atomic mass is 9.92. The predicted molar refractivity (Wildman–Crippen MR) is 133 cm³/mol. The van der Waals surface area contributed by atoms with Gasteiger partial charge in [0.25, 0.3) is 5.89 Å². The molecule has 34 heavy (non-hydrogen) atoms. The number of nitrogens with one attached hydrogen (secondary N) is 1. The molecule has 3 aromatic carbocycles. The first kappa shape index (κ1) is 21.6. The fraction of sp³-hybridized carbons (Fsp3) is 0.179. The monoisotopic (exact) mass is 450 g/mol. The number of para-hydroxylation sites is 1. The molecular formula is C28H26N4O2. The number of benzene rings is 3. The third-order valence-electron chi connectivity index (χ3n) is 6.30. The van der Waals surface area contributed by atoms with Crippen LogP contribution in [0.15, 0.2) is 83.0 Å². The number of anilines is 1. The second-order valence-corrected chi connectivity index (χ2v) is 8.69. The average Bonchev–Trinajstić information content (AvgIpc) is 3.31. The van der Waals surface area contributed by atoms with Gasteiger partial charge in [-0.15, -0.1) is 0 Å². The second-order valence-electron chi connectivity index (χ2n) is 8.69. The van der Waals surface area contributed by atoms with Crippen LogP contribution in [-0.2, 0) is 0 Å². The van der Waals surface area contributed by atoms with E-state index in [4.69, 9.17) is 9.51 Å². The molecule has 0 aliphatic carbocycles. The Labute approximate surface area is 198 Å². The van der Waals surface area contributed by atoms with Crippen LogP contribution in [0.3, 0.4) is 0 Å². The van der Waals surface area contributed by atoms with E-state index in [1.54, 1.807) is 4.90 Å². The van der Waals surface area contributed by atoms with Gasteiger partial charge in [-0.3, -0.25) is 4.90 Å². The molecule has 4 aromatic rings. The van der Waals surface area contributed by atoms with Crippen molar-refractivity contribution in [3.05, 3.63) is 107 Å². The molecule has 1 aliphatic rings. The van der Waals surface area contributed by atoms with E-state index in [1.165, 1.54) is 5.56 Å². The van der Waals surface area contributed by atoms with E-state index in [2.05, 4.69) is 36.5 Å². The number of urea groups is 1. The third-order valence-corrected chi connectivity index (χ3v) is 6.30. The van der Waals surface area contributed by atoms with Crippen molar-refractivity contribution in [2.45, 2.75) is 33.7 Å². The smallest absolute Gasteiger partial charge is 0.326 e. The summed E-state index contributed by atoms with van der Waals surface area (Å²) in [4.78, 5) is 19.7. The van der Waals surface area contributed by atoms with Crippen LogP contribution in [0, 0.1) is 20.8 Å². The Kier molecular flexibility index (Phi) is 5.49. The minimum Gasteiger partial charge on any atom is -0.334 e. The molecule has 2 amide bonds. The Balaban J connectivity index is 1.67. The highest BCUT2D eigenvalue weighted by Gasteiger charge is 2.36. The summed E-state index contributed by atoms with van der Waals surface area (Å²) in [5.41, 5.74) is 7.61. The zero-order valence-electron chi connectivity index (χ0n) is 19.7. The van der Waals surface area contributed by atoms with E-state index in [0.717, 1.165) is 39.2 Å². The number of aromatic nitrogens is 2. The fourth-order valence-electron chi connectivity index (χ4n) is 4.34. The SMILES string of the molecule is CC1=C(c2nc(-c3cccc(C)c3)no2)C(c2ccc(C)c(C)c2)NC(=O)N1c1ccccc1. The van der Waals surface area contributed by atoms with Gasteiger partial charge in [-0.25, -0.2) is 4.79 Å². The van der Waals surface area contributed by atoms with Crippen molar-refractivity contribution in [3.63, 3.8) is 0 Å². The first-order chi connectivity index (χ1) is 16.4. The van der Waals surface area contributed by atoms with Crippen molar-refractivity contribution in [1.29, 1.82) is 0 Å². The van der Waals surface area contributed by atoms with Crippen LogP contribution >= 0.6 is 0 Å². The van der Waals surface area contributed by atoms with Crippen LogP contribution in [0.5, 0.6) is 0 Å². The van der Waals surface area contributed by atoms with Crippen molar-refractivity contribution in [2.75, 3.05) is 4.90 Å². The number of carbonyl (C=O) groups excluding carboxylic acids is 1. The molecule has 0 spiro atoms. The van der Waals surface area contributed by atoms with Crippen molar-refractivity contribution in [2.24, 2.45) is 0 Å². The first-order valence-corrected chi connectivity index (χ1v) is 11.3. The Morgan fingerprint density at radius 2 is 1.68 bits per heavy atom. The maximum absolute atomic E-state index is 13.3. The summed E-state index contributed by atoms with van der Waals surface area (Å²) >= 11 is 0. The quantitative estimate of drug-likeness (QED) is 0.392. The molecule has 6 nitrogen and oxygen atoms in total. The molecule has 2 heterocycles. The van der Waals surface area contributed by atoms with Crippen LogP contribution in [0.2, 0.25) is 0 Å². The van der Waals surface area contributed by atoms with Gasteiger partial charge in [0.1, 0.15) is 0 Å². The normalized spacial score (nSPS) is 16.1. The van der Waals surface area contributed by atoms with Crippen molar-refractivity contribution >= 4 is 17.3 Å². The molecule has 0 saturated carbocycles. The Morgan fingerprint density at radius 3 is 2.41 bits per heavy atom. The number of hydrogen-bond donors (Lipinski definition) is 1. The number of aryl methyl sites for hydroxylation is 3. The molecule has 1 N–H and O–H groups in total. The molecule has 0 bridgehead atoms. The summed E-state index contributed by atoms with van der Waals surface area (Å²) < 4.78 is 5.80. The summed E-state index contributed by atoms with van der Waals surface area (Å²) in [6, 6.07) is 23.1. The zero-order valence-corrected chi connectivity index (χ0v) is 19.7. The Bertz CT molecular complexity index is 1400. The van der Waals surface area contributed by atoms with Gasteiger partial charge in [0, 0.05) is 11.3 Å². The van der Waals surface area contributed by atoms with Gasteiger partial charge < -0.3 is 9.84 Å². The van der Waals surface area contributed by atoms with Gasteiger partial charge in [0.15, 0.2) is 0 Å². The van der Waals surface area contributed by atoms with Crippen LogP contribution in [0.4, 0.5) is 10.5 Å². The van der Waals surface area contributed by atoms with E-state index in [0.29, 0.717) is 11.7 Å². The average molecular weight is 451 g/mol. The van der Waals surface area contributed by atoms with Gasteiger partial charge in [0.05, 0.1) is 17.3 Å². The minimum absolute atomic E-state index is 0.200. The second kappa shape index (κ2) is 8.63. The van der Waals surface area contributed by atoms with E-state index in [-0.39, 0.29) is 6.03 Å². The molecule has 5 rings (SSSR count). The lowest BCUT2D eigenvalue weighted by molar-refractivity contribution is 0.244. The highest BCUT2D eigenvalue weighted by atomic mass is 16.5. The number of amides is 2. The molecule has 0 radical (unpaired) electrons. The van der Waals surface area contributed by atoms with Gasteiger partial charge in [-0.05, 0) is 62.6 Å². The summed E-state index contributed by atoms with van der Waals surface area (Å²) in [6.07, 6.45) is 0. The standard InChI is InChI=1S/C28H26N4O2/c1-17-9-8-10-22(15-17)26-30-27(34-31-26)24-20(4)32(23-11-6-5-7-12-23)28(33)29-25(24)21-14-13-18(2)19(3)16-21/h5-16,25H,1-4H3,(H,29,33). The predicted octanol–water partition coefficient (Wildman–Crippen LogP) is 6.36. The molecule has 1 aromatic heterocycles. The molecule has 1 aliphatic heterocycles. The first-order valence-electron chi connectivity index (χ1n) is 11.3. The molecule has 170 valence electrons. The van der Waals surface area contributed by atoms with E-state index in [9.17, 15) is 4.79 Å².